The second kappa shape index (κ2) is 6.67. The van der Waals surface area contributed by atoms with Crippen molar-refractivity contribution in [3.05, 3.63) is 71.4 Å². The molecule has 0 atom stereocenters. The fraction of sp³-hybridized carbons (Fsp3) is 0.238. The summed E-state index contributed by atoms with van der Waals surface area (Å²) in [6, 6.07) is 15.3. The summed E-state index contributed by atoms with van der Waals surface area (Å²) in [6.45, 7) is 0.514. The van der Waals surface area contributed by atoms with E-state index in [2.05, 4.69) is 10.3 Å². The SMILES string of the molecule is CN(Cc1cccc2cc[nH]c12)C(=O)c1ccc(C(=O)NC2CC2)cc1. The Morgan fingerprint density at radius 1 is 1.08 bits per heavy atom. The van der Waals surface area contributed by atoms with Crippen molar-refractivity contribution in [2.75, 3.05) is 7.05 Å². The first-order valence-corrected chi connectivity index (χ1v) is 8.83. The fourth-order valence-corrected chi connectivity index (χ4v) is 3.09. The summed E-state index contributed by atoms with van der Waals surface area (Å²) in [7, 11) is 1.79. The zero-order valence-electron chi connectivity index (χ0n) is 14.7. The zero-order valence-corrected chi connectivity index (χ0v) is 14.7. The molecule has 0 saturated heterocycles. The number of nitrogens with zero attached hydrogens (tertiary/aromatic N) is 1. The fourth-order valence-electron chi connectivity index (χ4n) is 3.09. The van der Waals surface area contributed by atoms with E-state index >= 15 is 0 Å². The van der Waals surface area contributed by atoms with Gasteiger partial charge in [0.2, 0.25) is 0 Å². The van der Waals surface area contributed by atoms with Gasteiger partial charge in [-0.15, -0.1) is 0 Å². The highest BCUT2D eigenvalue weighted by molar-refractivity contribution is 5.98. The van der Waals surface area contributed by atoms with Crippen molar-refractivity contribution in [3.63, 3.8) is 0 Å². The Morgan fingerprint density at radius 2 is 1.81 bits per heavy atom. The summed E-state index contributed by atoms with van der Waals surface area (Å²) >= 11 is 0. The van der Waals surface area contributed by atoms with Gasteiger partial charge in [0.25, 0.3) is 11.8 Å². The van der Waals surface area contributed by atoms with Crippen LogP contribution < -0.4 is 5.32 Å². The molecule has 1 aliphatic carbocycles. The second-order valence-electron chi connectivity index (χ2n) is 6.85. The molecule has 4 rings (SSSR count). The van der Waals surface area contributed by atoms with E-state index in [4.69, 9.17) is 0 Å². The molecule has 1 aromatic heterocycles. The van der Waals surface area contributed by atoms with Crippen LogP contribution in [0.3, 0.4) is 0 Å². The molecule has 5 heteroatoms. The van der Waals surface area contributed by atoms with Gasteiger partial charge in [-0.25, -0.2) is 0 Å². The third-order valence-electron chi connectivity index (χ3n) is 4.73. The van der Waals surface area contributed by atoms with Gasteiger partial charge in [-0.2, -0.15) is 0 Å². The van der Waals surface area contributed by atoms with E-state index in [0.717, 1.165) is 29.3 Å². The Morgan fingerprint density at radius 3 is 2.54 bits per heavy atom. The van der Waals surface area contributed by atoms with E-state index in [9.17, 15) is 9.59 Å². The second-order valence-corrected chi connectivity index (χ2v) is 6.85. The molecule has 2 aromatic carbocycles. The lowest BCUT2D eigenvalue weighted by molar-refractivity contribution is 0.0785. The molecule has 1 fully saturated rings. The van der Waals surface area contributed by atoms with Gasteiger partial charge in [-0.05, 0) is 54.1 Å². The highest BCUT2D eigenvalue weighted by Gasteiger charge is 2.24. The molecule has 0 radical (unpaired) electrons. The predicted molar refractivity (Wildman–Crippen MR) is 101 cm³/mol. The van der Waals surface area contributed by atoms with E-state index in [1.54, 1.807) is 36.2 Å². The van der Waals surface area contributed by atoms with Crippen LogP contribution in [0.5, 0.6) is 0 Å². The van der Waals surface area contributed by atoms with Gasteiger partial charge in [-0.3, -0.25) is 9.59 Å². The minimum Gasteiger partial charge on any atom is -0.361 e. The van der Waals surface area contributed by atoms with E-state index in [-0.39, 0.29) is 11.8 Å². The average molecular weight is 347 g/mol. The number of hydrogen-bond acceptors (Lipinski definition) is 2. The summed E-state index contributed by atoms with van der Waals surface area (Å²) in [6.07, 6.45) is 4.02. The molecule has 1 heterocycles. The lowest BCUT2D eigenvalue weighted by Gasteiger charge is -2.18. The maximum Gasteiger partial charge on any atom is 0.253 e. The number of hydrogen-bond donors (Lipinski definition) is 2. The minimum absolute atomic E-state index is 0.0669. The van der Waals surface area contributed by atoms with Crippen LogP contribution in [0.4, 0.5) is 0 Å². The highest BCUT2D eigenvalue weighted by Crippen LogP contribution is 2.20. The van der Waals surface area contributed by atoms with Gasteiger partial charge in [0.15, 0.2) is 0 Å². The molecular formula is C21H21N3O2. The lowest BCUT2D eigenvalue weighted by atomic mass is 10.1. The number of para-hydroxylation sites is 1. The van der Waals surface area contributed by atoms with E-state index < -0.39 is 0 Å². The molecule has 132 valence electrons. The average Bonchev–Trinajstić information content (AvgIpc) is 3.33. The Labute approximate surface area is 152 Å². The van der Waals surface area contributed by atoms with Gasteiger partial charge >= 0.3 is 0 Å². The molecule has 1 saturated carbocycles. The van der Waals surface area contributed by atoms with Crippen molar-refractivity contribution in [2.24, 2.45) is 0 Å². The Kier molecular flexibility index (Phi) is 4.21. The summed E-state index contributed by atoms with van der Waals surface area (Å²) in [5.41, 5.74) is 3.30. The van der Waals surface area contributed by atoms with Crippen molar-refractivity contribution in [2.45, 2.75) is 25.4 Å². The van der Waals surface area contributed by atoms with Crippen molar-refractivity contribution >= 4 is 22.7 Å². The molecule has 3 aromatic rings. The number of carbonyl (C=O) groups excluding carboxylic acids is 2. The molecule has 2 amide bonds. The van der Waals surface area contributed by atoms with Gasteiger partial charge in [0.05, 0.1) is 5.52 Å². The summed E-state index contributed by atoms with van der Waals surface area (Å²) in [5, 5.41) is 4.08. The van der Waals surface area contributed by atoms with Crippen LogP contribution in [0, 0.1) is 0 Å². The number of rotatable bonds is 5. The van der Waals surface area contributed by atoms with Crippen molar-refractivity contribution in [3.8, 4) is 0 Å². The largest absolute Gasteiger partial charge is 0.361 e. The first kappa shape index (κ1) is 16.4. The van der Waals surface area contributed by atoms with Gasteiger partial charge in [-0.1, -0.05) is 18.2 Å². The Hall–Kier alpha value is -3.08. The number of aromatic nitrogens is 1. The number of H-pyrrole nitrogens is 1. The van der Waals surface area contributed by atoms with Crippen LogP contribution in [0.1, 0.15) is 39.1 Å². The quantitative estimate of drug-likeness (QED) is 0.743. The number of fused-ring (bicyclic) bond motifs is 1. The summed E-state index contributed by atoms with van der Waals surface area (Å²) in [5.74, 6) is -0.138. The number of carbonyl (C=O) groups is 2. The van der Waals surface area contributed by atoms with Crippen molar-refractivity contribution in [1.82, 2.24) is 15.2 Å². The zero-order chi connectivity index (χ0) is 18.1. The maximum absolute atomic E-state index is 12.7. The molecule has 0 aliphatic heterocycles. The third kappa shape index (κ3) is 3.33. The van der Waals surface area contributed by atoms with Crippen LogP contribution in [-0.4, -0.2) is 34.8 Å². The Balaban J connectivity index is 1.46. The predicted octanol–water partition coefficient (Wildman–Crippen LogP) is 3.33. The smallest absolute Gasteiger partial charge is 0.253 e. The molecule has 0 unspecified atom stereocenters. The molecule has 0 bridgehead atoms. The number of aromatic amines is 1. The molecule has 26 heavy (non-hydrogen) atoms. The molecule has 5 nitrogen and oxygen atoms in total. The maximum atomic E-state index is 12.7. The van der Waals surface area contributed by atoms with Crippen LogP contribution in [-0.2, 0) is 6.54 Å². The number of amides is 2. The minimum atomic E-state index is -0.0710. The third-order valence-corrected chi connectivity index (χ3v) is 4.73. The topological polar surface area (TPSA) is 65.2 Å². The molecule has 2 N–H and O–H groups in total. The summed E-state index contributed by atoms with van der Waals surface area (Å²) in [4.78, 5) is 29.7. The number of benzene rings is 2. The summed E-state index contributed by atoms with van der Waals surface area (Å²) < 4.78 is 0. The van der Waals surface area contributed by atoms with Gasteiger partial charge < -0.3 is 15.2 Å². The lowest BCUT2D eigenvalue weighted by Crippen LogP contribution is -2.27. The number of nitrogens with one attached hydrogen (secondary N) is 2. The standard InChI is InChI=1S/C21H21N3O2/c1-24(13-17-4-2-3-14-11-12-22-19(14)17)21(26)16-7-5-15(6-8-16)20(25)23-18-9-10-18/h2-8,11-12,18,22H,9-10,13H2,1H3,(H,23,25). The first-order chi connectivity index (χ1) is 12.6. The normalized spacial score (nSPS) is 13.6. The molecule has 1 aliphatic rings. The Bertz CT molecular complexity index is 955. The highest BCUT2D eigenvalue weighted by atomic mass is 16.2. The first-order valence-electron chi connectivity index (χ1n) is 8.83. The van der Waals surface area contributed by atoms with E-state index in [1.165, 1.54) is 0 Å². The van der Waals surface area contributed by atoms with E-state index in [1.807, 2.05) is 30.5 Å². The van der Waals surface area contributed by atoms with Crippen LogP contribution in [0.2, 0.25) is 0 Å². The van der Waals surface area contributed by atoms with Crippen molar-refractivity contribution in [1.29, 1.82) is 0 Å². The van der Waals surface area contributed by atoms with Crippen LogP contribution >= 0.6 is 0 Å². The monoisotopic (exact) mass is 347 g/mol. The van der Waals surface area contributed by atoms with Crippen LogP contribution in [0.25, 0.3) is 10.9 Å². The van der Waals surface area contributed by atoms with Crippen molar-refractivity contribution < 1.29 is 9.59 Å². The molecular weight excluding hydrogens is 326 g/mol. The van der Waals surface area contributed by atoms with Crippen LogP contribution in [0.15, 0.2) is 54.7 Å². The molecule has 0 spiro atoms. The van der Waals surface area contributed by atoms with Gasteiger partial charge in [0, 0.05) is 37.0 Å². The van der Waals surface area contributed by atoms with E-state index in [0.29, 0.717) is 23.7 Å². The van der Waals surface area contributed by atoms with Gasteiger partial charge in [0.1, 0.15) is 0 Å².